The van der Waals surface area contributed by atoms with Crippen LogP contribution in [0.1, 0.15) is 38.3 Å². The number of aromatic nitrogens is 6. The lowest BCUT2D eigenvalue weighted by molar-refractivity contribution is -0.116. The summed E-state index contributed by atoms with van der Waals surface area (Å²) in [6, 6.07) is 1.84. The summed E-state index contributed by atoms with van der Waals surface area (Å²) >= 11 is 0. The Morgan fingerprint density at radius 1 is 1.25 bits per heavy atom. The second kappa shape index (κ2) is 9.51. The van der Waals surface area contributed by atoms with Crippen molar-refractivity contribution < 1.29 is 9.90 Å². The molecule has 0 unspecified atom stereocenters. The molecular formula is C21H31N9O2. The second-order valence-corrected chi connectivity index (χ2v) is 8.46. The number of carbonyl (C=O) groups is 1. The van der Waals surface area contributed by atoms with Crippen LogP contribution in [-0.2, 0) is 17.9 Å². The van der Waals surface area contributed by atoms with Crippen molar-refractivity contribution in [2.75, 3.05) is 29.5 Å². The van der Waals surface area contributed by atoms with E-state index in [0.29, 0.717) is 41.2 Å². The molecule has 1 saturated carbocycles. The first kappa shape index (κ1) is 22.0. The molecule has 1 fully saturated rings. The van der Waals surface area contributed by atoms with E-state index in [4.69, 9.17) is 5.73 Å². The van der Waals surface area contributed by atoms with E-state index < -0.39 is 0 Å². The van der Waals surface area contributed by atoms with Crippen LogP contribution in [0.4, 0.5) is 17.6 Å². The van der Waals surface area contributed by atoms with E-state index in [1.54, 1.807) is 15.6 Å². The molecule has 0 radical (unpaired) electrons. The number of anilines is 3. The van der Waals surface area contributed by atoms with Crippen LogP contribution in [0.2, 0.25) is 0 Å². The van der Waals surface area contributed by atoms with E-state index >= 15 is 0 Å². The van der Waals surface area contributed by atoms with E-state index in [1.165, 1.54) is 0 Å². The van der Waals surface area contributed by atoms with Gasteiger partial charge in [0.2, 0.25) is 11.9 Å². The zero-order chi connectivity index (χ0) is 22.7. The maximum absolute atomic E-state index is 12.6. The summed E-state index contributed by atoms with van der Waals surface area (Å²) in [7, 11) is 0. The highest BCUT2D eigenvalue weighted by molar-refractivity contribution is 5.91. The molecule has 0 aliphatic heterocycles. The number of nitrogens with zero attached hydrogens (tertiary/aromatic N) is 6. The van der Waals surface area contributed by atoms with Gasteiger partial charge in [0, 0.05) is 25.8 Å². The van der Waals surface area contributed by atoms with Crippen LogP contribution < -0.4 is 16.4 Å². The molecule has 3 aromatic heterocycles. The highest BCUT2D eigenvalue weighted by Crippen LogP contribution is 2.29. The molecule has 32 heavy (non-hydrogen) atoms. The summed E-state index contributed by atoms with van der Waals surface area (Å²) in [6.07, 6.45) is 5.82. The Kier molecular flexibility index (Phi) is 6.54. The van der Waals surface area contributed by atoms with Gasteiger partial charge in [0.15, 0.2) is 17.0 Å². The predicted octanol–water partition coefficient (Wildman–Crippen LogP) is 1.78. The number of aliphatic hydroxyl groups excluding tert-OH is 1. The Balaban J connectivity index is 1.45. The summed E-state index contributed by atoms with van der Waals surface area (Å²) in [5, 5.41) is 19.9. The summed E-state index contributed by atoms with van der Waals surface area (Å²) in [4.78, 5) is 25.7. The third-order valence-electron chi connectivity index (χ3n) is 6.05. The third-order valence-corrected chi connectivity index (χ3v) is 6.05. The van der Waals surface area contributed by atoms with Crippen molar-refractivity contribution in [3.63, 3.8) is 0 Å². The number of aliphatic hydroxyl groups is 1. The molecule has 3 aromatic rings. The van der Waals surface area contributed by atoms with Crippen molar-refractivity contribution in [1.29, 1.82) is 0 Å². The van der Waals surface area contributed by atoms with Gasteiger partial charge in [-0.15, -0.1) is 0 Å². The van der Waals surface area contributed by atoms with Crippen LogP contribution in [0.3, 0.4) is 0 Å². The molecule has 0 spiro atoms. The molecule has 3 heterocycles. The van der Waals surface area contributed by atoms with Crippen LogP contribution in [0, 0.1) is 18.8 Å². The SMILES string of the molecule is CCn1nc(C)cc1NC(=O)Cn1cnc2c(NCC3CCC(CO)CC3)nc(N)nc21. The number of nitrogen functional groups attached to an aromatic ring is 1. The molecule has 11 heteroatoms. The van der Waals surface area contributed by atoms with Gasteiger partial charge < -0.3 is 26.0 Å². The van der Waals surface area contributed by atoms with E-state index in [2.05, 4.69) is 30.7 Å². The van der Waals surface area contributed by atoms with Gasteiger partial charge in [0.05, 0.1) is 12.0 Å². The second-order valence-electron chi connectivity index (χ2n) is 8.46. The average molecular weight is 442 g/mol. The number of amides is 1. The zero-order valence-electron chi connectivity index (χ0n) is 18.6. The van der Waals surface area contributed by atoms with Gasteiger partial charge in [-0.3, -0.25) is 4.79 Å². The molecule has 1 amide bonds. The largest absolute Gasteiger partial charge is 0.396 e. The minimum absolute atomic E-state index is 0.0471. The first-order valence-corrected chi connectivity index (χ1v) is 11.1. The molecule has 0 aromatic carbocycles. The topological polar surface area (TPSA) is 149 Å². The highest BCUT2D eigenvalue weighted by atomic mass is 16.3. The maximum atomic E-state index is 12.6. The van der Waals surface area contributed by atoms with Crippen molar-refractivity contribution in [2.45, 2.75) is 52.6 Å². The van der Waals surface area contributed by atoms with E-state index in [-0.39, 0.29) is 25.0 Å². The Morgan fingerprint density at radius 2 is 2.00 bits per heavy atom. The monoisotopic (exact) mass is 441 g/mol. The number of hydrogen-bond donors (Lipinski definition) is 4. The van der Waals surface area contributed by atoms with Gasteiger partial charge in [-0.05, 0) is 51.4 Å². The number of nitrogens with one attached hydrogen (secondary N) is 2. The van der Waals surface area contributed by atoms with Gasteiger partial charge in [-0.2, -0.15) is 15.1 Å². The standard InChI is InChI=1S/C21H31N9O2/c1-3-30-16(8-13(2)28-30)25-17(32)10-29-12-24-18-19(26-21(22)27-20(18)29)23-9-14-4-6-15(11-31)7-5-14/h8,12,14-15,31H,3-7,9-11H2,1-2H3,(H,25,32)(H3,22,23,26,27). The van der Waals surface area contributed by atoms with Crippen molar-refractivity contribution in [3.05, 3.63) is 18.1 Å². The summed E-state index contributed by atoms with van der Waals surface area (Å²) < 4.78 is 3.41. The Labute approximate surface area is 186 Å². The lowest BCUT2D eigenvalue weighted by Gasteiger charge is -2.27. The van der Waals surface area contributed by atoms with Gasteiger partial charge in [0.25, 0.3) is 0 Å². The Hall–Kier alpha value is -3.21. The van der Waals surface area contributed by atoms with Crippen LogP contribution in [0.5, 0.6) is 0 Å². The van der Waals surface area contributed by atoms with Gasteiger partial charge in [0.1, 0.15) is 12.4 Å². The molecule has 0 atom stereocenters. The molecule has 172 valence electrons. The average Bonchev–Trinajstić information content (AvgIpc) is 3.34. The van der Waals surface area contributed by atoms with Crippen LogP contribution in [0.15, 0.2) is 12.4 Å². The summed E-state index contributed by atoms with van der Waals surface area (Å²) in [5.74, 6) is 2.11. The Bertz CT molecular complexity index is 1080. The molecule has 11 nitrogen and oxygen atoms in total. The molecule has 5 N–H and O–H groups in total. The molecule has 1 aliphatic rings. The summed E-state index contributed by atoms with van der Waals surface area (Å²) in [6.45, 7) is 5.60. The predicted molar refractivity (Wildman–Crippen MR) is 122 cm³/mol. The van der Waals surface area contributed by atoms with Crippen molar-refractivity contribution >= 4 is 34.7 Å². The normalized spacial score (nSPS) is 18.7. The van der Waals surface area contributed by atoms with Gasteiger partial charge >= 0.3 is 0 Å². The molecular weight excluding hydrogens is 410 g/mol. The Morgan fingerprint density at radius 3 is 2.72 bits per heavy atom. The van der Waals surface area contributed by atoms with Crippen LogP contribution >= 0.6 is 0 Å². The smallest absolute Gasteiger partial charge is 0.245 e. The fourth-order valence-corrected chi connectivity index (χ4v) is 4.28. The van der Waals surface area contributed by atoms with Crippen LogP contribution in [0.25, 0.3) is 11.2 Å². The highest BCUT2D eigenvalue weighted by Gasteiger charge is 2.21. The van der Waals surface area contributed by atoms with E-state index in [0.717, 1.165) is 37.9 Å². The number of nitrogens with two attached hydrogens (primary N) is 1. The number of aryl methyl sites for hydroxylation is 2. The van der Waals surface area contributed by atoms with Gasteiger partial charge in [-0.1, -0.05) is 0 Å². The number of fused-ring (bicyclic) bond motifs is 1. The number of rotatable bonds is 8. The minimum Gasteiger partial charge on any atom is -0.396 e. The van der Waals surface area contributed by atoms with Crippen molar-refractivity contribution in [3.8, 4) is 0 Å². The number of imidazole rings is 1. The van der Waals surface area contributed by atoms with E-state index in [1.807, 2.05) is 19.9 Å². The minimum atomic E-state index is -0.203. The molecule has 0 saturated heterocycles. The van der Waals surface area contributed by atoms with Crippen molar-refractivity contribution in [2.24, 2.45) is 11.8 Å². The molecule has 0 bridgehead atoms. The third kappa shape index (κ3) is 4.82. The fraction of sp³-hybridized carbons (Fsp3) is 0.571. The molecule has 4 rings (SSSR count). The first-order valence-electron chi connectivity index (χ1n) is 11.1. The number of carbonyl (C=O) groups excluding carboxylic acids is 1. The summed E-state index contributed by atoms with van der Waals surface area (Å²) in [5.41, 5.74) is 7.89. The van der Waals surface area contributed by atoms with Crippen molar-refractivity contribution in [1.82, 2.24) is 29.3 Å². The van der Waals surface area contributed by atoms with Crippen LogP contribution in [-0.4, -0.2) is 53.5 Å². The quantitative estimate of drug-likeness (QED) is 0.413. The fourth-order valence-electron chi connectivity index (χ4n) is 4.28. The van der Waals surface area contributed by atoms with E-state index in [9.17, 15) is 9.90 Å². The number of hydrogen-bond acceptors (Lipinski definition) is 8. The first-order chi connectivity index (χ1) is 15.5. The maximum Gasteiger partial charge on any atom is 0.245 e. The lowest BCUT2D eigenvalue weighted by Crippen LogP contribution is -2.23. The molecule has 1 aliphatic carbocycles. The zero-order valence-corrected chi connectivity index (χ0v) is 18.6. The lowest BCUT2D eigenvalue weighted by atomic mass is 9.82. The van der Waals surface area contributed by atoms with Gasteiger partial charge in [-0.25, -0.2) is 9.67 Å².